The quantitative estimate of drug-likeness (QED) is 0.0211. The summed E-state index contributed by atoms with van der Waals surface area (Å²) < 4.78 is 34.4. The summed E-state index contributed by atoms with van der Waals surface area (Å²) >= 11 is 0. The number of unbranched alkanes of at least 4 members (excludes halogenated alkanes) is 22. The Morgan fingerprint density at radius 3 is 1.35 bits per heavy atom. The maximum atomic E-state index is 12.8. The van der Waals surface area contributed by atoms with E-state index in [-0.39, 0.29) is 26.1 Å². The fourth-order valence-electron chi connectivity index (χ4n) is 7.10. The number of likely N-dealkylation sites (N-methyl/N-ethyl adjacent to an activating group) is 1. The van der Waals surface area contributed by atoms with Gasteiger partial charge in [0.25, 0.3) is 0 Å². The number of rotatable bonds is 48. The molecule has 0 radical (unpaired) electrons. The van der Waals surface area contributed by atoms with E-state index in [1.54, 1.807) is 0 Å². The molecule has 1 N–H and O–H groups in total. The van der Waals surface area contributed by atoms with E-state index >= 15 is 0 Å². The summed E-state index contributed by atoms with van der Waals surface area (Å²) in [6.45, 7) is 4.26. The summed E-state index contributed by atoms with van der Waals surface area (Å²) in [5.41, 5.74) is 0. The van der Waals surface area contributed by atoms with Gasteiger partial charge in [-0.15, -0.1) is 0 Å². The van der Waals surface area contributed by atoms with Crippen LogP contribution in [0.15, 0.2) is 72.9 Å². The number of hydrogen-bond acceptors (Lipinski definition) is 7. The molecular weight excluding hydrogens is 846 g/mol. The highest BCUT2D eigenvalue weighted by Crippen LogP contribution is 2.43. The van der Waals surface area contributed by atoms with Gasteiger partial charge in [-0.2, -0.15) is 0 Å². The van der Waals surface area contributed by atoms with Crippen LogP contribution in [0.3, 0.4) is 0 Å². The molecule has 0 bridgehead atoms. The van der Waals surface area contributed by atoms with Gasteiger partial charge >= 0.3 is 19.8 Å². The first kappa shape index (κ1) is 63.5. The molecule has 0 spiro atoms. The summed E-state index contributed by atoms with van der Waals surface area (Å²) in [7, 11) is 1.44. The van der Waals surface area contributed by atoms with E-state index in [0.717, 1.165) is 64.2 Å². The molecule has 0 heterocycles. The molecule has 0 rings (SSSR count). The summed E-state index contributed by atoms with van der Waals surface area (Å²) in [5, 5.41) is 0. The Morgan fingerprint density at radius 1 is 0.485 bits per heavy atom. The number of phosphoric acid groups is 1. The molecule has 1 unspecified atom stereocenters. The molecule has 66 heavy (non-hydrogen) atoms. The Kier molecular flexibility index (Phi) is 45.7. The van der Waals surface area contributed by atoms with Crippen LogP contribution < -0.4 is 0 Å². The van der Waals surface area contributed by atoms with E-state index in [9.17, 15) is 19.0 Å². The van der Waals surface area contributed by atoms with Crippen LogP contribution in [0.5, 0.6) is 0 Å². The van der Waals surface area contributed by atoms with Gasteiger partial charge in [-0.05, 0) is 77.0 Å². The van der Waals surface area contributed by atoms with E-state index in [4.69, 9.17) is 18.5 Å². The normalized spacial score (nSPS) is 14.0. The zero-order valence-corrected chi connectivity index (χ0v) is 44.1. The number of phosphoric ester groups is 1. The number of carbonyl (C=O) groups is 2. The maximum Gasteiger partial charge on any atom is 0.472 e. The fraction of sp³-hybridized carbons (Fsp3) is 0.750. The number of quaternary nitrogens is 1. The second-order valence-electron chi connectivity index (χ2n) is 18.9. The molecule has 0 saturated carbocycles. The minimum Gasteiger partial charge on any atom is -0.462 e. The van der Waals surface area contributed by atoms with Gasteiger partial charge in [0.15, 0.2) is 6.10 Å². The van der Waals surface area contributed by atoms with Crippen LogP contribution >= 0.6 is 7.82 Å². The van der Waals surface area contributed by atoms with E-state index in [0.29, 0.717) is 23.9 Å². The molecule has 0 aromatic rings. The van der Waals surface area contributed by atoms with Crippen LogP contribution in [0.1, 0.15) is 219 Å². The zero-order chi connectivity index (χ0) is 48.5. The Balaban J connectivity index is 4.31. The molecule has 0 fully saturated rings. The third-order valence-corrected chi connectivity index (χ3v) is 12.2. The molecule has 0 amide bonds. The number of carbonyl (C=O) groups excluding carboxylic acids is 2. The number of esters is 2. The molecule has 0 aliphatic rings. The lowest BCUT2D eigenvalue weighted by atomic mass is 10.0. The predicted octanol–water partition coefficient (Wildman–Crippen LogP) is 16.1. The number of ether oxygens (including phenoxy) is 2. The lowest BCUT2D eigenvalue weighted by molar-refractivity contribution is -0.870. The minimum atomic E-state index is -4.40. The summed E-state index contributed by atoms with van der Waals surface area (Å²) in [6.07, 6.45) is 61.2. The highest BCUT2D eigenvalue weighted by molar-refractivity contribution is 7.47. The Bertz CT molecular complexity index is 1350. The van der Waals surface area contributed by atoms with Gasteiger partial charge in [-0.1, -0.05) is 202 Å². The summed E-state index contributed by atoms with van der Waals surface area (Å²) in [5.74, 6) is -0.873. The lowest BCUT2D eigenvalue weighted by Gasteiger charge is -2.24. The Labute approximate surface area is 406 Å². The first-order chi connectivity index (χ1) is 32.0. The van der Waals surface area contributed by atoms with Crippen molar-refractivity contribution in [2.75, 3.05) is 47.5 Å². The van der Waals surface area contributed by atoms with Crippen LogP contribution in [-0.4, -0.2) is 74.9 Å². The number of hydrogen-bond donors (Lipinski definition) is 1. The molecule has 10 heteroatoms. The second-order valence-corrected chi connectivity index (χ2v) is 20.3. The van der Waals surface area contributed by atoms with Crippen molar-refractivity contribution >= 4 is 19.8 Å². The Morgan fingerprint density at radius 2 is 0.879 bits per heavy atom. The van der Waals surface area contributed by atoms with E-state index < -0.39 is 32.5 Å². The van der Waals surface area contributed by atoms with Crippen molar-refractivity contribution in [3.8, 4) is 0 Å². The van der Waals surface area contributed by atoms with Crippen molar-refractivity contribution < 1.29 is 42.1 Å². The van der Waals surface area contributed by atoms with E-state index in [1.807, 2.05) is 21.1 Å². The third kappa shape index (κ3) is 50.9. The first-order valence-corrected chi connectivity index (χ1v) is 28.2. The zero-order valence-electron chi connectivity index (χ0n) is 43.2. The average Bonchev–Trinajstić information content (AvgIpc) is 3.27. The Hall–Kier alpha value is -2.55. The molecule has 2 atom stereocenters. The van der Waals surface area contributed by atoms with Gasteiger partial charge in [-0.25, -0.2) is 4.57 Å². The average molecular weight is 947 g/mol. The predicted molar refractivity (Wildman–Crippen MR) is 279 cm³/mol. The highest BCUT2D eigenvalue weighted by Gasteiger charge is 2.27. The van der Waals surface area contributed by atoms with Gasteiger partial charge in [-0.3, -0.25) is 18.6 Å². The van der Waals surface area contributed by atoms with Crippen molar-refractivity contribution in [1.29, 1.82) is 0 Å². The first-order valence-electron chi connectivity index (χ1n) is 26.7. The molecule has 0 aliphatic heterocycles. The number of nitrogens with zero attached hydrogens (tertiary/aromatic N) is 1. The van der Waals surface area contributed by atoms with Crippen molar-refractivity contribution in [2.24, 2.45) is 0 Å². The fourth-order valence-corrected chi connectivity index (χ4v) is 7.85. The van der Waals surface area contributed by atoms with Crippen molar-refractivity contribution in [3.05, 3.63) is 72.9 Å². The van der Waals surface area contributed by atoms with Crippen molar-refractivity contribution in [1.82, 2.24) is 0 Å². The molecule has 9 nitrogen and oxygen atoms in total. The van der Waals surface area contributed by atoms with E-state index in [2.05, 4.69) is 86.8 Å². The smallest absolute Gasteiger partial charge is 0.462 e. The standard InChI is InChI=1S/C56H100NO8P/c1-6-8-10-12-14-16-18-20-22-24-26-27-28-29-31-33-35-37-39-41-43-45-47-49-56(59)65-54(53-64-66(60,61)63-51-50-57(3,4)5)52-62-55(58)48-46-44-42-40-38-36-34-32-30-25-23-21-19-17-15-13-11-9-7-2/h9,11,15,17,21,23,30,32,36,38,41,43,54H,6-8,10,12-14,16,18-20,22,24-29,31,33-35,37,39-40,42,44-53H2,1-5H3/p+1/b11-9+,17-15+,23-21+,32-30+,38-36+,43-41+/t54-/m1/s1. The SMILES string of the molecule is CC/C=C/C/C=C/C/C=C/C/C=C/C/C=C/CCCCCC(=O)OC[C@H](COP(=O)(O)OCC[N+](C)(C)C)OC(=O)CCC/C=C/CCCCCCCCCCCCCCCCCCCC. The lowest BCUT2D eigenvalue weighted by Crippen LogP contribution is -2.37. The van der Waals surface area contributed by atoms with Gasteiger partial charge in [0.1, 0.15) is 19.8 Å². The molecule has 0 saturated heterocycles. The molecular formula is C56H101NO8P+. The third-order valence-electron chi connectivity index (χ3n) is 11.2. The summed E-state index contributed by atoms with van der Waals surface area (Å²) in [6, 6.07) is 0. The largest absolute Gasteiger partial charge is 0.472 e. The van der Waals surface area contributed by atoms with Gasteiger partial charge < -0.3 is 18.9 Å². The van der Waals surface area contributed by atoms with Gasteiger partial charge in [0, 0.05) is 12.8 Å². The van der Waals surface area contributed by atoms with Crippen LogP contribution in [0.2, 0.25) is 0 Å². The second kappa shape index (κ2) is 47.5. The van der Waals surface area contributed by atoms with Crippen LogP contribution in [-0.2, 0) is 32.7 Å². The van der Waals surface area contributed by atoms with Crippen molar-refractivity contribution in [2.45, 2.75) is 225 Å². The number of allylic oxidation sites excluding steroid dienone is 12. The van der Waals surface area contributed by atoms with Crippen molar-refractivity contribution in [3.63, 3.8) is 0 Å². The summed E-state index contributed by atoms with van der Waals surface area (Å²) in [4.78, 5) is 35.6. The molecule has 382 valence electrons. The van der Waals surface area contributed by atoms with Crippen LogP contribution in [0, 0.1) is 0 Å². The maximum absolute atomic E-state index is 12.8. The monoisotopic (exact) mass is 947 g/mol. The minimum absolute atomic E-state index is 0.0187. The van der Waals surface area contributed by atoms with E-state index in [1.165, 1.54) is 116 Å². The molecule has 0 aliphatic carbocycles. The van der Waals surface area contributed by atoms with Gasteiger partial charge in [0.05, 0.1) is 27.7 Å². The molecule has 0 aromatic heterocycles. The van der Waals surface area contributed by atoms with Crippen LogP contribution in [0.4, 0.5) is 0 Å². The molecule has 0 aromatic carbocycles. The topological polar surface area (TPSA) is 108 Å². The van der Waals surface area contributed by atoms with Crippen LogP contribution in [0.25, 0.3) is 0 Å². The van der Waals surface area contributed by atoms with Gasteiger partial charge in [0.2, 0.25) is 0 Å². The highest BCUT2D eigenvalue weighted by atomic mass is 31.2.